The zero-order valence-electron chi connectivity index (χ0n) is 9.16. The first-order valence-corrected chi connectivity index (χ1v) is 5.42. The Morgan fingerprint density at radius 2 is 2.33 bits per heavy atom. The third kappa shape index (κ3) is 2.16. The van der Waals surface area contributed by atoms with Crippen LogP contribution in [-0.4, -0.2) is 38.6 Å². The number of nitrogens with zero attached hydrogens (tertiary/aromatic N) is 3. The standard InChI is InChI=1S/C10H16N4O/c1-3-6-14(8-4-5-8)10(15)9-11-7(2)12-13-9/h8H,3-6H2,1-2H3,(H,11,12,13). The molecule has 0 atom stereocenters. The Morgan fingerprint density at radius 1 is 1.60 bits per heavy atom. The average Bonchev–Trinajstić information content (AvgIpc) is 2.96. The van der Waals surface area contributed by atoms with Crippen molar-refractivity contribution in [3.05, 3.63) is 11.6 Å². The SMILES string of the molecule is CCCN(C(=O)c1n[nH]c(C)n1)C1CC1. The third-order valence-corrected chi connectivity index (χ3v) is 2.50. The van der Waals surface area contributed by atoms with Gasteiger partial charge in [0.1, 0.15) is 5.82 Å². The maximum atomic E-state index is 12.0. The van der Waals surface area contributed by atoms with Crippen molar-refractivity contribution in [2.45, 2.75) is 39.2 Å². The Morgan fingerprint density at radius 3 is 2.80 bits per heavy atom. The van der Waals surface area contributed by atoms with Gasteiger partial charge in [-0.25, -0.2) is 4.98 Å². The Bertz CT molecular complexity index is 356. The second-order valence-corrected chi connectivity index (χ2v) is 3.97. The van der Waals surface area contributed by atoms with Gasteiger partial charge in [-0.1, -0.05) is 6.92 Å². The number of rotatable bonds is 4. The Kier molecular flexibility index (Phi) is 2.70. The molecule has 0 unspecified atom stereocenters. The van der Waals surface area contributed by atoms with Crippen LogP contribution in [0.2, 0.25) is 0 Å². The highest BCUT2D eigenvalue weighted by Gasteiger charge is 2.33. The van der Waals surface area contributed by atoms with Crippen LogP contribution in [0.1, 0.15) is 42.6 Å². The van der Waals surface area contributed by atoms with E-state index in [1.807, 2.05) is 4.90 Å². The van der Waals surface area contributed by atoms with Gasteiger partial charge in [-0.3, -0.25) is 9.89 Å². The zero-order chi connectivity index (χ0) is 10.8. The molecule has 5 heteroatoms. The van der Waals surface area contributed by atoms with Crippen LogP contribution in [0.3, 0.4) is 0 Å². The molecule has 15 heavy (non-hydrogen) atoms. The van der Waals surface area contributed by atoms with Gasteiger partial charge in [0, 0.05) is 12.6 Å². The lowest BCUT2D eigenvalue weighted by Gasteiger charge is -2.19. The van der Waals surface area contributed by atoms with Gasteiger partial charge in [-0.15, -0.1) is 5.10 Å². The molecule has 0 spiro atoms. The first-order chi connectivity index (χ1) is 7.22. The number of aromatic amines is 1. The fraction of sp³-hybridized carbons (Fsp3) is 0.700. The summed E-state index contributed by atoms with van der Waals surface area (Å²) in [6.07, 6.45) is 3.22. The largest absolute Gasteiger partial charge is 0.333 e. The molecule has 0 radical (unpaired) electrons. The minimum atomic E-state index is -0.0382. The zero-order valence-corrected chi connectivity index (χ0v) is 9.16. The van der Waals surface area contributed by atoms with Crippen molar-refractivity contribution < 1.29 is 4.79 Å². The van der Waals surface area contributed by atoms with E-state index < -0.39 is 0 Å². The minimum absolute atomic E-state index is 0.0382. The van der Waals surface area contributed by atoms with Gasteiger partial charge in [0.2, 0.25) is 5.82 Å². The van der Waals surface area contributed by atoms with E-state index in [9.17, 15) is 4.79 Å². The van der Waals surface area contributed by atoms with Gasteiger partial charge in [0.05, 0.1) is 0 Å². The molecule has 0 aliphatic heterocycles. The molecule has 1 aromatic rings. The molecule has 1 heterocycles. The summed E-state index contributed by atoms with van der Waals surface area (Å²) in [6.45, 7) is 4.67. The Hall–Kier alpha value is -1.39. The number of carbonyl (C=O) groups excluding carboxylic acids is 1. The number of carbonyl (C=O) groups is 1. The average molecular weight is 208 g/mol. The third-order valence-electron chi connectivity index (χ3n) is 2.50. The highest BCUT2D eigenvalue weighted by molar-refractivity contribution is 5.90. The van der Waals surface area contributed by atoms with E-state index in [0.717, 1.165) is 25.8 Å². The number of H-pyrrole nitrogens is 1. The number of nitrogens with one attached hydrogen (secondary N) is 1. The maximum Gasteiger partial charge on any atom is 0.293 e. The van der Waals surface area contributed by atoms with Crippen molar-refractivity contribution in [3.63, 3.8) is 0 Å². The molecule has 0 saturated heterocycles. The molecule has 1 aliphatic rings. The molecule has 1 saturated carbocycles. The summed E-state index contributed by atoms with van der Waals surface area (Å²) in [5.74, 6) is 0.946. The number of aryl methyl sites for hydroxylation is 1. The van der Waals surface area contributed by atoms with E-state index in [1.54, 1.807) is 6.92 Å². The molecule has 0 bridgehead atoms. The van der Waals surface area contributed by atoms with E-state index in [-0.39, 0.29) is 5.91 Å². The normalized spacial score (nSPS) is 15.3. The monoisotopic (exact) mass is 208 g/mol. The van der Waals surface area contributed by atoms with Crippen LogP contribution in [0.25, 0.3) is 0 Å². The lowest BCUT2D eigenvalue weighted by Crippen LogP contribution is -2.34. The lowest BCUT2D eigenvalue weighted by molar-refractivity contribution is 0.0731. The fourth-order valence-electron chi connectivity index (χ4n) is 1.64. The molecule has 1 fully saturated rings. The van der Waals surface area contributed by atoms with Gasteiger partial charge in [0.15, 0.2) is 0 Å². The Labute approximate surface area is 88.9 Å². The van der Waals surface area contributed by atoms with E-state index in [4.69, 9.17) is 0 Å². The second-order valence-electron chi connectivity index (χ2n) is 3.97. The summed E-state index contributed by atoms with van der Waals surface area (Å²) in [4.78, 5) is 18.0. The smallest absolute Gasteiger partial charge is 0.293 e. The summed E-state index contributed by atoms with van der Waals surface area (Å²) >= 11 is 0. The summed E-state index contributed by atoms with van der Waals surface area (Å²) < 4.78 is 0. The van der Waals surface area contributed by atoms with E-state index in [1.165, 1.54) is 0 Å². The van der Waals surface area contributed by atoms with Crippen LogP contribution >= 0.6 is 0 Å². The van der Waals surface area contributed by atoms with E-state index in [0.29, 0.717) is 17.7 Å². The van der Waals surface area contributed by atoms with Crippen molar-refractivity contribution in [3.8, 4) is 0 Å². The number of aromatic nitrogens is 3. The van der Waals surface area contributed by atoms with Gasteiger partial charge < -0.3 is 4.90 Å². The highest BCUT2D eigenvalue weighted by atomic mass is 16.2. The van der Waals surface area contributed by atoms with E-state index in [2.05, 4.69) is 22.1 Å². The van der Waals surface area contributed by atoms with Crippen molar-refractivity contribution in [1.29, 1.82) is 0 Å². The van der Waals surface area contributed by atoms with Gasteiger partial charge >= 0.3 is 0 Å². The van der Waals surface area contributed by atoms with Crippen molar-refractivity contribution >= 4 is 5.91 Å². The minimum Gasteiger partial charge on any atom is -0.333 e. The van der Waals surface area contributed by atoms with Crippen LogP contribution in [0, 0.1) is 6.92 Å². The summed E-state index contributed by atoms with van der Waals surface area (Å²) in [7, 11) is 0. The number of amides is 1. The van der Waals surface area contributed by atoms with Crippen molar-refractivity contribution in [2.24, 2.45) is 0 Å². The predicted octanol–water partition coefficient (Wildman–Crippen LogP) is 1.13. The Balaban J connectivity index is 2.10. The van der Waals surface area contributed by atoms with Crippen molar-refractivity contribution in [2.75, 3.05) is 6.54 Å². The molecule has 1 aromatic heterocycles. The van der Waals surface area contributed by atoms with E-state index >= 15 is 0 Å². The van der Waals surface area contributed by atoms with Crippen LogP contribution in [0.5, 0.6) is 0 Å². The molecule has 5 nitrogen and oxygen atoms in total. The second kappa shape index (κ2) is 4.00. The molecule has 2 rings (SSSR count). The molecule has 1 N–H and O–H groups in total. The molecule has 0 aromatic carbocycles. The molecule has 82 valence electrons. The maximum absolute atomic E-state index is 12.0. The predicted molar refractivity (Wildman–Crippen MR) is 55.5 cm³/mol. The highest BCUT2D eigenvalue weighted by Crippen LogP contribution is 2.27. The number of hydrogen-bond donors (Lipinski definition) is 1. The first-order valence-electron chi connectivity index (χ1n) is 5.42. The van der Waals surface area contributed by atoms with Crippen LogP contribution < -0.4 is 0 Å². The summed E-state index contributed by atoms with van der Waals surface area (Å²) in [6, 6.07) is 0.427. The topological polar surface area (TPSA) is 61.9 Å². The molecular weight excluding hydrogens is 192 g/mol. The van der Waals surface area contributed by atoms with Crippen LogP contribution in [-0.2, 0) is 0 Å². The van der Waals surface area contributed by atoms with Crippen LogP contribution in [0.4, 0.5) is 0 Å². The van der Waals surface area contributed by atoms with Crippen molar-refractivity contribution in [1.82, 2.24) is 20.1 Å². The number of hydrogen-bond acceptors (Lipinski definition) is 3. The lowest BCUT2D eigenvalue weighted by atomic mass is 10.3. The first kappa shape index (κ1) is 10.1. The summed E-state index contributed by atoms with van der Waals surface area (Å²) in [5.41, 5.74) is 0. The summed E-state index contributed by atoms with van der Waals surface area (Å²) in [5, 5.41) is 6.60. The fourth-order valence-corrected chi connectivity index (χ4v) is 1.64. The molecule has 1 amide bonds. The van der Waals surface area contributed by atoms with Crippen LogP contribution in [0.15, 0.2) is 0 Å². The van der Waals surface area contributed by atoms with Gasteiger partial charge in [-0.2, -0.15) is 0 Å². The van der Waals surface area contributed by atoms with Gasteiger partial charge in [-0.05, 0) is 26.2 Å². The molecular formula is C10H16N4O. The quantitative estimate of drug-likeness (QED) is 0.806. The molecule has 1 aliphatic carbocycles. The van der Waals surface area contributed by atoms with Gasteiger partial charge in [0.25, 0.3) is 5.91 Å².